The van der Waals surface area contributed by atoms with Crippen LogP contribution in [0.15, 0.2) is 24.4 Å². The highest BCUT2D eigenvalue weighted by Crippen LogP contribution is 2.31. The maximum atomic E-state index is 11.3. The zero-order valence-corrected chi connectivity index (χ0v) is 11.0. The van der Waals surface area contributed by atoms with E-state index < -0.39 is 5.97 Å². The minimum absolute atomic E-state index is 0.0156. The third-order valence-electron chi connectivity index (χ3n) is 3.89. The Labute approximate surface area is 116 Å². The van der Waals surface area contributed by atoms with Crippen LogP contribution in [-0.2, 0) is 0 Å². The van der Waals surface area contributed by atoms with Gasteiger partial charge in [0.15, 0.2) is 0 Å². The second kappa shape index (κ2) is 5.09. The van der Waals surface area contributed by atoms with E-state index in [1.807, 2.05) is 6.07 Å². The van der Waals surface area contributed by atoms with Crippen LogP contribution in [0.2, 0.25) is 0 Å². The molecule has 0 radical (unpaired) electrons. The molecule has 3 rings (SSSR count). The number of aromatic nitrogens is 1. The summed E-state index contributed by atoms with van der Waals surface area (Å²) in [6.07, 6.45) is 3.80. The molecule has 2 heterocycles. The number of pyridine rings is 1. The van der Waals surface area contributed by atoms with Gasteiger partial charge in [-0.25, -0.2) is 4.79 Å². The Bertz CT molecular complexity index is 663. The first-order chi connectivity index (χ1) is 9.66. The van der Waals surface area contributed by atoms with Gasteiger partial charge in [-0.2, -0.15) is 0 Å². The van der Waals surface area contributed by atoms with Crippen LogP contribution in [0.25, 0.3) is 10.9 Å². The topological polar surface area (TPSA) is 82.5 Å². The smallest absolute Gasteiger partial charge is 0.336 e. The van der Waals surface area contributed by atoms with Gasteiger partial charge in [0, 0.05) is 11.6 Å². The quantitative estimate of drug-likeness (QED) is 0.780. The van der Waals surface area contributed by atoms with E-state index in [0.717, 1.165) is 31.5 Å². The van der Waals surface area contributed by atoms with E-state index in [9.17, 15) is 15.0 Å². The van der Waals surface area contributed by atoms with Crippen molar-refractivity contribution in [2.75, 3.05) is 13.1 Å². The second-order valence-electron chi connectivity index (χ2n) is 5.13. The van der Waals surface area contributed by atoms with Gasteiger partial charge >= 0.3 is 5.97 Å². The molecule has 1 fully saturated rings. The van der Waals surface area contributed by atoms with Crippen molar-refractivity contribution in [2.45, 2.75) is 18.8 Å². The van der Waals surface area contributed by atoms with Gasteiger partial charge in [0.05, 0.1) is 5.56 Å². The molecule has 20 heavy (non-hydrogen) atoms. The van der Waals surface area contributed by atoms with E-state index in [-0.39, 0.29) is 11.3 Å². The molecule has 1 aromatic heterocycles. The number of nitrogens with one attached hydrogen (secondary N) is 1. The Morgan fingerprint density at radius 2 is 2.05 bits per heavy atom. The third kappa shape index (κ3) is 2.20. The highest BCUT2D eigenvalue weighted by Gasteiger charge is 2.18. The zero-order chi connectivity index (χ0) is 14.1. The largest absolute Gasteiger partial charge is 0.506 e. The zero-order valence-electron chi connectivity index (χ0n) is 11.0. The fourth-order valence-corrected chi connectivity index (χ4v) is 2.79. The maximum Gasteiger partial charge on any atom is 0.336 e. The second-order valence-corrected chi connectivity index (χ2v) is 5.13. The third-order valence-corrected chi connectivity index (χ3v) is 3.89. The number of carbonyl (C=O) groups is 1. The van der Waals surface area contributed by atoms with Crippen molar-refractivity contribution in [3.63, 3.8) is 0 Å². The Hall–Kier alpha value is -2.14. The first-order valence-electron chi connectivity index (χ1n) is 6.72. The van der Waals surface area contributed by atoms with E-state index in [1.165, 1.54) is 12.1 Å². The van der Waals surface area contributed by atoms with Crippen LogP contribution < -0.4 is 5.32 Å². The lowest BCUT2D eigenvalue weighted by atomic mass is 9.90. The van der Waals surface area contributed by atoms with Crippen molar-refractivity contribution in [2.24, 2.45) is 0 Å². The van der Waals surface area contributed by atoms with Crippen LogP contribution in [0, 0.1) is 0 Å². The number of benzene rings is 1. The summed E-state index contributed by atoms with van der Waals surface area (Å²) >= 11 is 0. The molecule has 0 unspecified atom stereocenters. The Balaban J connectivity index is 2.13. The number of aromatic hydroxyl groups is 1. The van der Waals surface area contributed by atoms with Crippen LogP contribution in [-0.4, -0.2) is 34.3 Å². The van der Waals surface area contributed by atoms with Gasteiger partial charge in [0.2, 0.25) is 0 Å². The molecule has 0 spiro atoms. The minimum atomic E-state index is -1.00. The molecule has 0 saturated carbocycles. The lowest BCUT2D eigenvalue weighted by molar-refractivity contribution is 0.0699. The molecule has 5 heteroatoms. The van der Waals surface area contributed by atoms with Gasteiger partial charge in [-0.1, -0.05) is 0 Å². The summed E-state index contributed by atoms with van der Waals surface area (Å²) in [6, 6.07) is 4.67. The van der Waals surface area contributed by atoms with E-state index in [2.05, 4.69) is 10.3 Å². The van der Waals surface area contributed by atoms with Crippen LogP contribution in [0.1, 0.15) is 34.7 Å². The summed E-state index contributed by atoms with van der Waals surface area (Å²) in [5, 5.41) is 22.9. The van der Waals surface area contributed by atoms with Crippen molar-refractivity contribution < 1.29 is 15.0 Å². The number of carboxylic acid groups (broad SMARTS) is 1. The normalized spacial score (nSPS) is 16.4. The number of phenolic OH excluding ortho intramolecular Hbond substituents is 1. The molecule has 1 aliphatic heterocycles. The average Bonchev–Trinajstić information content (AvgIpc) is 2.48. The number of rotatable bonds is 2. The van der Waals surface area contributed by atoms with Gasteiger partial charge in [-0.05, 0) is 55.6 Å². The Morgan fingerprint density at radius 1 is 1.30 bits per heavy atom. The van der Waals surface area contributed by atoms with Gasteiger partial charge in [0.1, 0.15) is 11.3 Å². The van der Waals surface area contributed by atoms with Crippen molar-refractivity contribution in [1.29, 1.82) is 0 Å². The molecule has 2 aromatic rings. The summed E-state index contributed by atoms with van der Waals surface area (Å²) in [5.41, 5.74) is 1.58. The van der Waals surface area contributed by atoms with Crippen LogP contribution in [0.4, 0.5) is 0 Å². The van der Waals surface area contributed by atoms with Gasteiger partial charge in [-0.3, -0.25) is 4.98 Å². The van der Waals surface area contributed by atoms with Crippen LogP contribution in [0.3, 0.4) is 0 Å². The summed E-state index contributed by atoms with van der Waals surface area (Å²) < 4.78 is 0. The molecule has 0 aliphatic carbocycles. The van der Waals surface area contributed by atoms with Gasteiger partial charge in [-0.15, -0.1) is 0 Å². The average molecular weight is 272 g/mol. The molecule has 1 aromatic carbocycles. The summed E-state index contributed by atoms with van der Waals surface area (Å²) in [6.45, 7) is 1.93. The lowest BCUT2D eigenvalue weighted by Gasteiger charge is -2.23. The van der Waals surface area contributed by atoms with Crippen LogP contribution in [0.5, 0.6) is 5.75 Å². The fraction of sp³-hybridized carbons (Fsp3) is 0.333. The molecule has 1 saturated heterocycles. The first kappa shape index (κ1) is 12.9. The number of fused-ring (bicyclic) bond motifs is 1. The van der Waals surface area contributed by atoms with E-state index in [4.69, 9.17) is 0 Å². The maximum absolute atomic E-state index is 11.3. The first-order valence-corrected chi connectivity index (χ1v) is 6.72. The number of piperidine rings is 1. The summed E-state index contributed by atoms with van der Waals surface area (Å²) in [5.74, 6) is -0.585. The molecular weight excluding hydrogens is 256 g/mol. The molecule has 5 nitrogen and oxygen atoms in total. The molecule has 0 atom stereocenters. The molecule has 0 amide bonds. The highest BCUT2D eigenvalue weighted by molar-refractivity contribution is 6.04. The predicted octanol–water partition coefficient (Wildman–Crippen LogP) is 2.11. The van der Waals surface area contributed by atoms with E-state index in [1.54, 1.807) is 6.20 Å². The Morgan fingerprint density at radius 3 is 2.75 bits per heavy atom. The van der Waals surface area contributed by atoms with Gasteiger partial charge in [0.25, 0.3) is 0 Å². The minimum Gasteiger partial charge on any atom is -0.506 e. The standard InChI is InChI=1S/C15H16N2O3/c18-13-2-1-11(15(19)20)12-7-10(8-17-14(12)13)9-3-5-16-6-4-9/h1-2,7-9,16,18H,3-6H2,(H,19,20). The molecule has 104 valence electrons. The summed E-state index contributed by atoms with van der Waals surface area (Å²) in [4.78, 5) is 15.6. The molecule has 1 aliphatic rings. The number of phenols is 1. The number of hydrogen-bond acceptors (Lipinski definition) is 4. The molecular formula is C15H16N2O3. The highest BCUT2D eigenvalue weighted by atomic mass is 16.4. The number of nitrogens with zero attached hydrogens (tertiary/aromatic N) is 1. The summed E-state index contributed by atoms with van der Waals surface area (Å²) in [7, 11) is 0. The van der Waals surface area contributed by atoms with Crippen molar-refractivity contribution in [1.82, 2.24) is 10.3 Å². The van der Waals surface area contributed by atoms with E-state index in [0.29, 0.717) is 16.8 Å². The molecule has 3 N–H and O–H groups in total. The lowest BCUT2D eigenvalue weighted by Crippen LogP contribution is -2.26. The van der Waals surface area contributed by atoms with Crippen molar-refractivity contribution in [3.8, 4) is 5.75 Å². The fourth-order valence-electron chi connectivity index (χ4n) is 2.79. The van der Waals surface area contributed by atoms with E-state index >= 15 is 0 Å². The van der Waals surface area contributed by atoms with Crippen molar-refractivity contribution >= 4 is 16.9 Å². The number of carboxylic acids is 1. The SMILES string of the molecule is O=C(O)c1ccc(O)c2ncc(C3CCNCC3)cc12. The number of hydrogen-bond donors (Lipinski definition) is 3. The monoisotopic (exact) mass is 272 g/mol. The molecule has 0 bridgehead atoms. The predicted molar refractivity (Wildman–Crippen MR) is 75.2 cm³/mol. The van der Waals surface area contributed by atoms with Gasteiger partial charge < -0.3 is 15.5 Å². The Kier molecular flexibility index (Phi) is 3.28. The van der Waals surface area contributed by atoms with Crippen LogP contribution >= 0.6 is 0 Å². The van der Waals surface area contributed by atoms with Crippen molar-refractivity contribution in [3.05, 3.63) is 35.5 Å². The number of aromatic carboxylic acids is 1.